The number of carbonyl (C=O) groups is 1. The van der Waals surface area contributed by atoms with Gasteiger partial charge in [-0.3, -0.25) is 4.79 Å². The van der Waals surface area contributed by atoms with Crippen LogP contribution in [-0.2, 0) is 9.53 Å². The number of ether oxygens (including phenoxy) is 2. The summed E-state index contributed by atoms with van der Waals surface area (Å²) in [6.45, 7) is 2.58. The minimum Gasteiger partial charge on any atom is -0.482 e. The zero-order valence-corrected chi connectivity index (χ0v) is 11.7. The summed E-state index contributed by atoms with van der Waals surface area (Å²) < 4.78 is 10.9. The summed E-state index contributed by atoms with van der Waals surface area (Å²) in [6.07, 6.45) is 0.897. The van der Waals surface area contributed by atoms with E-state index < -0.39 is 0 Å². The van der Waals surface area contributed by atoms with Crippen LogP contribution in [0.1, 0.15) is 18.9 Å². The fourth-order valence-corrected chi connectivity index (χ4v) is 2.34. The van der Waals surface area contributed by atoms with Crippen LogP contribution in [0.5, 0.6) is 5.75 Å². The summed E-state index contributed by atoms with van der Waals surface area (Å²) in [7, 11) is 1.76. The Kier molecular flexibility index (Phi) is 4.59. The number of hydrogen-bond donors (Lipinski definition) is 0. The SMILES string of the molecule is CC1OCCC1N(C)C(=O)COc1ccccc1C#N. The second-order valence-electron chi connectivity index (χ2n) is 4.83. The number of likely N-dealkylation sites (N-methyl/N-ethyl adjacent to an activating group) is 1. The van der Waals surface area contributed by atoms with Crippen LogP contribution in [0.25, 0.3) is 0 Å². The second kappa shape index (κ2) is 6.40. The average molecular weight is 274 g/mol. The van der Waals surface area contributed by atoms with Gasteiger partial charge in [-0.1, -0.05) is 12.1 Å². The lowest BCUT2D eigenvalue weighted by Crippen LogP contribution is -2.43. The van der Waals surface area contributed by atoms with Crippen molar-refractivity contribution in [1.29, 1.82) is 5.26 Å². The van der Waals surface area contributed by atoms with Crippen molar-refractivity contribution in [3.63, 3.8) is 0 Å². The molecule has 0 aliphatic carbocycles. The molecule has 5 heteroatoms. The first kappa shape index (κ1) is 14.4. The highest BCUT2D eigenvalue weighted by molar-refractivity contribution is 5.78. The lowest BCUT2D eigenvalue weighted by molar-refractivity contribution is -0.135. The molecular weight excluding hydrogens is 256 g/mol. The molecule has 1 aliphatic rings. The fraction of sp³-hybridized carbons (Fsp3) is 0.467. The first-order valence-corrected chi connectivity index (χ1v) is 6.62. The molecule has 0 radical (unpaired) electrons. The number of hydrogen-bond acceptors (Lipinski definition) is 4. The average Bonchev–Trinajstić information content (AvgIpc) is 2.90. The molecule has 0 N–H and O–H groups in total. The van der Waals surface area contributed by atoms with Crippen molar-refractivity contribution in [2.75, 3.05) is 20.3 Å². The number of nitriles is 1. The van der Waals surface area contributed by atoms with Gasteiger partial charge in [0.05, 0.1) is 17.7 Å². The monoisotopic (exact) mass is 274 g/mol. The Balaban J connectivity index is 1.93. The van der Waals surface area contributed by atoms with Crippen LogP contribution in [0.3, 0.4) is 0 Å². The predicted molar refractivity (Wildman–Crippen MR) is 73.2 cm³/mol. The van der Waals surface area contributed by atoms with Crippen molar-refractivity contribution >= 4 is 5.91 Å². The van der Waals surface area contributed by atoms with E-state index in [1.165, 1.54) is 0 Å². The molecule has 0 saturated carbocycles. The summed E-state index contributed by atoms with van der Waals surface area (Å²) in [6, 6.07) is 9.02. The topological polar surface area (TPSA) is 62.6 Å². The summed E-state index contributed by atoms with van der Waals surface area (Å²) in [5, 5.41) is 8.96. The number of nitrogens with zero attached hydrogens (tertiary/aromatic N) is 2. The minimum absolute atomic E-state index is 0.0512. The molecule has 1 aromatic rings. The number of carbonyl (C=O) groups excluding carboxylic acids is 1. The van der Waals surface area contributed by atoms with Crippen molar-refractivity contribution in [1.82, 2.24) is 4.90 Å². The molecule has 0 aromatic heterocycles. The highest BCUT2D eigenvalue weighted by atomic mass is 16.5. The molecule has 5 nitrogen and oxygen atoms in total. The number of rotatable bonds is 4. The van der Waals surface area contributed by atoms with Gasteiger partial charge in [0.2, 0.25) is 0 Å². The molecule has 1 saturated heterocycles. The van der Waals surface area contributed by atoms with Crippen molar-refractivity contribution in [3.8, 4) is 11.8 Å². The Morgan fingerprint density at radius 1 is 1.55 bits per heavy atom. The second-order valence-corrected chi connectivity index (χ2v) is 4.83. The lowest BCUT2D eigenvalue weighted by Gasteiger charge is -2.26. The van der Waals surface area contributed by atoms with Crippen LogP contribution in [0.15, 0.2) is 24.3 Å². The van der Waals surface area contributed by atoms with E-state index in [1.54, 1.807) is 36.2 Å². The highest BCUT2D eigenvalue weighted by Gasteiger charge is 2.30. The van der Waals surface area contributed by atoms with Gasteiger partial charge in [-0.05, 0) is 25.5 Å². The van der Waals surface area contributed by atoms with E-state index in [0.717, 1.165) is 6.42 Å². The lowest BCUT2D eigenvalue weighted by atomic mass is 10.1. The minimum atomic E-state index is -0.111. The molecule has 0 spiro atoms. The number of para-hydroxylation sites is 1. The maximum Gasteiger partial charge on any atom is 0.260 e. The largest absolute Gasteiger partial charge is 0.482 e. The predicted octanol–water partition coefficient (Wildman–Crippen LogP) is 1.57. The van der Waals surface area contributed by atoms with E-state index in [9.17, 15) is 4.79 Å². The Hall–Kier alpha value is -2.06. The van der Waals surface area contributed by atoms with Gasteiger partial charge in [-0.15, -0.1) is 0 Å². The third-order valence-corrected chi connectivity index (χ3v) is 3.59. The maximum atomic E-state index is 12.1. The number of amides is 1. The molecule has 2 atom stereocenters. The molecule has 1 heterocycles. The first-order chi connectivity index (χ1) is 9.63. The Bertz CT molecular complexity index is 524. The van der Waals surface area contributed by atoms with Gasteiger partial charge < -0.3 is 14.4 Å². The van der Waals surface area contributed by atoms with Crippen LogP contribution < -0.4 is 4.74 Å². The maximum absolute atomic E-state index is 12.1. The van der Waals surface area contributed by atoms with E-state index in [0.29, 0.717) is 17.9 Å². The van der Waals surface area contributed by atoms with Crippen LogP contribution >= 0.6 is 0 Å². The quantitative estimate of drug-likeness (QED) is 0.836. The molecule has 1 fully saturated rings. The van der Waals surface area contributed by atoms with E-state index in [-0.39, 0.29) is 24.7 Å². The van der Waals surface area contributed by atoms with Crippen LogP contribution in [0.2, 0.25) is 0 Å². The molecule has 0 bridgehead atoms. The van der Waals surface area contributed by atoms with Crippen molar-refractivity contribution in [2.45, 2.75) is 25.5 Å². The Labute approximate surface area is 118 Å². The van der Waals surface area contributed by atoms with E-state index >= 15 is 0 Å². The molecule has 106 valence electrons. The molecule has 2 rings (SSSR count). The van der Waals surface area contributed by atoms with Crippen LogP contribution in [-0.4, -0.2) is 43.2 Å². The van der Waals surface area contributed by atoms with Gasteiger partial charge in [0, 0.05) is 13.7 Å². The Morgan fingerprint density at radius 2 is 2.30 bits per heavy atom. The third-order valence-electron chi connectivity index (χ3n) is 3.59. The van der Waals surface area contributed by atoms with Crippen molar-refractivity contribution in [3.05, 3.63) is 29.8 Å². The van der Waals surface area contributed by atoms with Gasteiger partial charge in [0.25, 0.3) is 5.91 Å². The van der Waals surface area contributed by atoms with Gasteiger partial charge >= 0.3 is 0 Å². The van der Waals surface area contributed by atoms with Gasteiger partial charge in [0.1, 0.15) is 11.8 Å². The van der Waals surface area contributed by atoms with Crippen LogP contribution in [0.4, 0.5) is 0 Å². The summed E-state index contributed by atoms with van der Waals surface area (Å²) in [5.74, 6) is 0.326. The number of benzene rings is 1. The summed E-state index contributed by atoms with van der Waals surface area (Å²) in [4.78, 5) is 13.8. The smallest absolute Gasteiger partial charge is 0.260 e. The normalized spacial score (nSPS) is 21.2. The zero-order valence-electron chi connectivity index (χ0n) is 11.7. The highest BCUT2D eigenvalue weighted by Crippen LogP contribution is 2.19. The molecule has 1 amide bonds. The third kappa shape index (κ3) is 3.09. The van der Waals surface area contributed by atoms with E-state index in [2.05, 4.69) is 0 Å². The van der Waals surface area contributed by atoms with E-state index in [1.807, 2.05) is 13.0 Å². The molecular formula is C15H18N2O3. The molecule has 2 unspecified atom stereocenters. The van der Waals surface area contributed by atoms with Gasteiger partial charge in [-0.25, -0.2) is 0 Å². The van der Waals surface area contributed by atoms with Crippen molar-refractivity contribution in [2.24, 2.45) is 0 Å². The molecule has 20 heavy (non-hydrogen) atoms. The molecule has 1 aromatic carbocycles. The standard InChI is InChI=1S/C15H18N2O3/c1-11-13(7-8-19-11)17(2)15(18)10-20-14-6-4-3-5-12(14)9-16/h3-6,11,13H,7-8,10H2,1-2H3. The van der Waals surface area contributed by atoms with Crippen molar-refractivity contribution < 1.29 is 14.3 Å². The van der Waals surface area contributed by atoms with E-state index in [4.69, 9.17) is 14.7 Å². The molecule has 1 aliphatic heterocycles. The summed E-state index contributed by atoms with van der Waals surface area (Å²) in [5.41, 5.74) is 0.431. The van der Waals surface area contributed by atoms with Crippen LogP contribution in [0, 0.1) is 11.3 Å². The van der Waals surface area contributed by atoms with Gasteiger partial charge in [0.15, 0.2) is 6.61 Å². The first-order valence-electron chi connectivity index (χ1n) is 6.62. The zero-order chi connectivity index (χ0) is 14.5. The fourth-order valence-electron chi connectivity index (χ4n) is 2.34. The van der Waals surface area contributed by atoms with Gasteiger partial charge in [-0.2, -0.15) is 5.26 Å². The summed E-state index contributed by atoms with van der Waals surface area (Å²) >= 11 is 0. The Morgan fingerprint density at radius 3 is 2.95 bits per heavy atom.